The Hall–Kier alpha value is -1.82. The zero-order valence-corrected chi connectivity index (χ0v) is 13.7. The van der Waals surface area contributed by atoms with Gasteiger partial charge in [-0.1, -0.05) is 0 Å². The van der Waals surface area contributed by atoms with Gasteiger partial charge < -0.3 is 13.9 Å². The van der Waals surface area contributed by atoms with Crippen molar-refractivity contribution in [1.82, 2.24) is 0 Å². The van der Waals surface area contributed by atoms with Crippen LogP contribution in [-0.2, 0) is 9.53 Å². The molecule has 112 valence electrons. The number of hydrogen-bond donors (Lipinski definition) is 0. The Morgan fingerprint density at radius 3 is 2.52 bits per heavy atom. The van der Waals surface area contributed by atoms with Crippen LogP contribution >= 0.6 is 15.9 Å². The Bertz CT molecular complexity index is 714. The second-order valence-electron chi connectivity index (χ2n) is 4.86. The van der Waals surface area contributed by atoms with Crippen molar-refractivity contribution >= 4 is 38.8 Å². The molecule has 0 bridgehead atoms. The molecule has 2 aromatic rings. The first-order chi connectivity index (χ1) is 9.79. The zero-order chi connectivity index (χ0) is 15.7. The van der Waals surface area contributed by atoms with Gasteiger partial charge >= 0.3 is 11.9 Å². The minimum atomic E-state index is -0.461. The lowest BCUT2D eigenvalue weighted by Gasteiger charge is -2.08. The number of halogens is 1. The van der Waals surface area contributed by atoms with E-state index in [4.69, 9.17) is 13.9 Å². The molecule has 1 aromatic heterocycles. The molecule has 0 aliphatic heterocycles. The van der Waals surface area contributed by atoms with Crippen LogP contribution in [0.4, 0.5) is 0 Å². The van der Waals surface area contributed by atoms with E-state index in [2.05, 4.69) is 15.9 Å². The maximum absolute atomic E-state index is 12.2. The van der Waals surface area contributed by atoms with E-state index in [0.717, 1.165) is 0 Å². The standard InChI is InChI=1S/C15H15BrO5/c1-7(2)19-15(18)14-8(3)20-12-6-11(16)13(5-10(12)14)21-9(4)17/h5-7H,1-4H3. The first-order valence-corrected chi connectivity index (χ1v) is 7.21. The summed E-state index contributed by atoms with van der Waals surface area (Å²) in [4.78, 5) is 23.3. The van der Waals surface area contributed by atoms with Crippen molar-refractivity contribution in [2.24, 2.45) is 0 Å². The molecule has 0 amide bonds. The molecule has 0 saturated carbocycles. The predicted octanol–water partition coefficient (Wildman–Crippen LogP) is 3.99. The molecule has 1 aromatic carbocycles. The highest BCUT2D eigenvalue weighted by atomic mass is 79.9. The van der Waals surface area contributed by atoms with Gasteiger partial charge in [-0.25, -0.2) is 4.79 Å². The second-order valence-corrected chi connectivity index (χ2v) is 5.71. The third kappa shape index (κ3) is 3.26. The van der Waals surface area contributed by atoms with Crippen LogP contribution in [0.5, 0.6) is 5.75 Å². The van der Waals surface area contributed by atoms with Crippen molar-refractivity contribution in [1.29, 1.82) is 0 Å². The number of aryl methyl sites for hydroxylation is 1. The summed E-state index contributed by atoms with van der Waals surface area (Å²) in [6.45, 7) is 6.55. The summed E-state index contributed by atoms with van der Waals surface area (Å²) in [5.74, 6) is -0.115. The lowest BCUT2D eigenvalue weighted by molar-refractivity contribution is -0.131. The fourth-order valence-electron chi connectivity index (χ4n) is 1.98. The number of hydrogen-bond acceptors (Lipinski definition) is 5. The molecule has 5 nitrogen and oxygen atoms in total. The summed E-state index contributed by atoms with van der Waals surface area (Å²) < 4.78 is 16.5. The molecule has 0 saturated heterocycles. The van der Waals surface area contributed by atoms with Gasteiger partial charge in [0.15, 0.2) is 0 Å². The van der Waals surface area contributed by atoms with Crippen LogP contribution < -0.4 is 4.74 Å². The van der Waals surface area contributed by atoms with E-state index in [9.17, 15) is 9.59 Å². The van der Waals surface area contributed by atoms with E-state index >= 15 is 0 Å². The smallest absolute Gasteiger partial charge is 0.342 e. The van der Waals surface area contributed by atoms with Gasteiger partial charge in [0, 0.05) is 12.3 Å². The largest absolute Gasteiger partial charge is 0.460 e. The highest BCUT2D eigenvalue weighted by Gasteiger charge is 2.22. The maximum Gasteiger partial charge on any atom is 0.342 e. The third-order valence-corrected chi connectivity index (χ3v) is 3.34. The minimum absolute atomic E-state index is 0.231. The van der Waals surface area contributed by atoms with Gasteiger partial charge in [0.2, 0.25) is 0 Å². The molecule has 0 radical (unpaired) electrons. The van der Waals surface area contributed by atoms with Crippen molar-refractivity contribution < 1.29 is 23.5 Å². The Kier molecular flexibility index (Phi) is 4.37. The molecule has 1 heterocycles. The first kappa shape index (κ1) is 15.6. The van der Waals surface area contributed by atoms with Gasteiger partial charge in [-0.3, -0.25) is 4.79 Å². The molecule has 0 N–H and O–H groups in total. The van der Waals surface area contributed by atoms with Crippen molar-refractivity contribution in [2.75, 3.05) is 0 Å². The van der Waals surface area contributed by atoms with Crippen molar-refractivity contribution in [3.05, 3.63) is 27.9 Å². The van der Waals surface area contributed by atoms with Crippen LogP contribution in [0.2, 0.25) is 0 Å². The lowest BCUT2D eigenvalue weighted by atomic mass is 10.1. The summed E-state index contributed by atoms with van der Waals surface area (Å²) in [5, 5.41) is 0.553. The van der Waals surface area contributed by atoms with Crippen LogP contribution in [0.15, 0.2) is 21.0 Å². The molecular formula is C15H15BrO5. The van der Waals surface area contributed by atoms with Crippen LogP contribution in [0.25, 0.3) is 11.0 Å². The number of fused-ring (bicyclic) bond motifs is 1. The highest BCUT2D eigenvalue weighted by molar-refractivity contribution is 9.10. The molecule has 0 aliphatic rings. The molecule has 21 heavy (non-hydrogen) atoms. The number of benzene rings is 1. The number of carbonyl (C=O) groups excluding carboxylic acids is 2. The normalized spacial score (nSPS) is 11.0. The quantitative estimate of drug-likeness (QED) is 0.615. The van der Waals surface area contributed by atoms with E-state index in [1.807, 2.05) is 0 Å². The maximum atomic E-state index is 12.2. The Morgan fingerprint density at radius 1 is 1.29 bits per heavy atom. The average Bonchev–Trinajstić information content (AvgIpc) is 2.63. The first-order valence-electron chi connectivity index (χ1n) is 6.41. The fourth-order valence-corrected chi connectivity index (χ4v) is 2.38. The molecule has 0 atom stereocenters. The summed E-state index contributed by atoms with van der Waals surface area (Å²) in [5.41, 5.74) is 0.866. The molecule has 0 fully saturated rings. The molecule has 0 aliphatic carbocycles. The number of furan rings is 1. The van der Waals surface area contributed by atoms with E-state index < -0.39 is 11.9 Å². The summed E-state index contributed by atoms with van der Waals surface area (Å²) in [6, 6.07) is 3.25. The number of rotatable bonds is 3. The van der Waals surface area contributed by atoms with Gasteiger partial charge in [0.1, 0.15) is 22.7 Å². The number of ether oxygens (including phenoxy) is 2. The van der Waals surface area contributed by atoms with E-state index in [-0.39, 0.29) is 6.10 Å². The summed E-state index contributed by atoms with van der Waals surface area (Å²) in [6.07, 6.45) is -0.231. The second kappa shape index (κ2) is 5.89. The lowest BCUT2D eigenvalue weighted by Crippen LogP contribution is -2.12. The Morgan fingerprint density at radius 2 is 1.95 bits per heavy atom. The Balaban J connectivity index is 2.57. The minimum Gasteiger partial charge on any atom is -0.460 e. The molecule has 6 heteroatoms. The monoisotopic (exact) mass is 354 g/mol. The predicted molar refractivity (Wildman–Crippen MR) is 80.5 cm³/mol. The van der Waals surface area contributed by atoms with E-state index in [0.29, 0.717) is 32.5 Å². The summed E-state index contributed by atoms with van der Waals surface area (Å²) >= 11 is 3.30. The summed E-state index contributed by atoms with van der Waals surface area (Å²) in [7, 11) is 0. The van der Waals surface area contributed by atoms with Crippen LogP contribution in [0.1, 0.15) is 36.9 Å². The topological polar surface area (TPSA) is 65.7 Å². The molecule has 2 rings (SSSR count). The molecular weight excluding hydrogens is 340 g/mol. The third-order valence-electron chi connectivity index (χ3n) is 2.72. The molecule has 0 spiro atoms. The fraction of sp³-hybridized carbons (Fsp3) is 0.333. The van der Waals surface area contributed by atoms with E-state index in [1.54, 1.807) is 32.9 Å². The van der Waals surface area contributed by atoms with E-state index in [1.165, 1.54) is 6.92 Å². The highest BCUT2D eigenvalue weighted by Crippen LogP contribution is 2.35. The van der Waals surface area contributed by atoms with Crippen molar-refractivity contribution in [3.63, 3.8) is 0 Å². The number of carbonyl (C=O) groups is 2. The Labute approximate surface area is 130 Å². The van der Waals surface area contributed by atoms with Gasteiger partial charge in [0.25, 0.3) is 0 Å². The van der Waals surface area contributed by atoms with Gasteiger partial charge in [-0.05, 0) is 48.8 Å². The average molecular weight is 355 g/mol. The van der Waals surface area contributed by atoms with Gasteiger partial charge in [-0.2, -0.15) is 0 Å². The van der Waals surface area contributed by atoms with Crippen LogP contribution in [0, 0.1) is 6.92 Å². The SMILES string of the molecule is CC(=O)Oc1cc2c(C(=O)OC(C)C)c(C)oc2cc1Br. The van der Waals surface area contributed by atoms with Crippen LogP contribution in [-0.4, -0.2) is 18.0 Å². The van der Waals surface area contributed by atoms with Crippen LogP contribution in [0.3, 0.4) is 0 Å². The van der Waals surface area contributed by atoms with Gasteiger partial charge in [-0.15, -0.1) is 0 Å². The van der Waals surface area contributed by atoms with Crippen molar-refractivity contribution in [2.45, 2.75) is 33.8 Å². The van der Waals surface area contributed by atoms with Crippen molar-refractivity contribution in [3.8, 4) is 5.75 Å². The van der Waals surface area contributed by atoms with Gasteiger partial charge in [0.05, 0.1) is 10.6 Å². The zero-order valence-electron chi connectivity index (χ0n) is 12.2. The molecule has 0 unspecified atom stereocenters. The number of esters is 2.